The van der Waals surface area contributed by atoms with Gasteiger partial charge in [-0.1, -0.05) is 0 Å². The molecular weight excluding hydrogens is 357 g/mol. The Hall–Kier alpha value is -1.37. The monoisotopic (exact) mass is 371 g/mol. The van der Waals surface area contributed by atoms with Crippen molar-refractivity contribution in [3.05, 3.63) is 43.8 Å². The Bertz CT molecular complexity index is 691. The number of ether oxygens (including phenoxy) is 1. The largest absolute Gasteiger partial charge is 0.462 e. The second-order valence-corrected chi connectivity index (χ2v) is 5.29. The molecule has 19 heavy (non-hydrogen) atoms. The van der Waals surface area contributed by atoms with E-state index in [2.05, 4.69) is 22.6 Å². The van der Waals surface area contributed by atoms with E-state index in [0.717, 1.165) is 9.09 Å². The fourth-order valence-corrected chi connectivity index (χ4v) is 2.45. The van der Waals surface area contributed by atoms with Gasteiger partial charge in [-0.05, 0) is 54.6 Å². The van der Waals surface area contributed by atoms with Crippen molar-refractivity contribution in [3.63, 3.8) is 0 Å². The zero-order valence-electron chi connectivity index (χ0n) is 10.8. The van der Waals surface area contributed by atoms with Crippen molar-refractivity contribution < 1.29 is 9.53 Å². The Morgan fingerprint density at radius 3 is 2.74 bits per heavy atom. The van der Waals surface area contributed by atoms with Gasteiger partial charge in [0.2, 0.25) is 5.43 Å². The van der Waals surface area contributed by atoms with Crippen molar-refractivity contribution in [2.24, 2.45) is 0 Å². The number of nitrogens with zero attached hydrogens (tertiary/aromatic N) is 1. The van der Waals surface area contributed by atoms with Gasteiger partial charge in [0, 0.05) is 21.7 Å². The number of esters is 1. The van der Waals surface area contributed by atoms with Crippen LogP contribution in [0.3, 0.4) is 0 Å². The molecule has 0 aliphatic carbocycles. The van der Waals surface area contributed by atoms with Gasteiger partial charge in [-0.3, -0.25) is 4.79 Å². The van der Waals surface area contributed by atoms with Crippen molar-refractivity contribution >= 4 is 39.5 Å². The number of carbonyl (C=O) groups excluding carboxylic acids is 1. The highest BCUT2D eigenvalue weighted by Gasteiger charge is 2.15. The molecule has 1 heterocycles. The molecule has 0 aliphatic rings. The summed E-state index contributed by atoms with van der Waals surface area (Å²) in [4.78, 5) is 24.1. The lowest BCUT2D eigenvalue weighted by Crippen LogP contribution is -2.20. The molecule has 2 rings (SSSR count). The molecule has 0 N–H and O–H groups in total. The topological polar surface area (TPSA) is 48.3 Å². The standard InChI is InChI=1S/C14H14INO3/c1-3-16-8-11(14(18)19-4-2)13(17)10-6-5-9(15)7-12(10)16/h5-8H,3-4H2,1-2H3. The number of hydrogen-bond donors (Lipinski definition) is 0. The molecule has 4 nitrogen and oxygen atoms in total. The number of aryl methyl sites for hydroxylation is 1. The lowest BCUT2D eigenvalue weighted by atomic mass is 10.1. The highest BCUT2D eigenvalue weighted by molar-refractivity contribution is 14.1. The minimum absolute atomic E-state index is 0.0948. The maximum absolute atomic E-state index is 12.3. The van der Waals surface area contributed by atoms with E-state index in [9.17, 15) is 9.59 Å². The molecule has 0 saturated carbocycles. The van der Waals surface area contributed by atoms with Gasteiger partial charge < -0.3 is 9.30 Å². The highest BCUT2D eigenvalue weighted by atomic mass is 127. The van der Waals surface area contributed by atoms with Gasteiger partial charge >= 0.3 is 5.97 Å². The maximum atomic E-state index is 12.3. The molecule has 5 heteroatoms. The summed E-state index contributed by atoms with van der Waals surface area (Å²) >= 11 is 2.20. The predicted molar refractivity (Wildman–Crippen MR) is 82.6 cm³/mol. The van der Waals surface area contributed by atoms with Crippen LogP contribution in [0, 0.1) is 3.57 Å². The van der Waals surface area contributed by atoms with Crippen molar-refractivity contribution in [2.75, 3.05) is 6.61 Å². The van der Waals surface area contributed by atoms with E-state index in [-0.39, 0.29) is 17.6 Å². The lowest BCUT2D eigenvalue weighted by Gasteiger charge is -2.11. The zero-order chi connectivity index (χ0) is 14.0. The number of benzene rings is 1. The first-order valence-electron chi connectivity index (χ1n) is 6.08. The van der Waals surface area contributed by atoms with E-state index in [0.29, 0.717) is 11.9 Å². The lowest BCUT2D eigenvalue weighted by molar-refractivity contribution is 0.0524. The van der Waals surface area contributed by atoms with Gasteiger partial charge in [-0.2, -0.15) is 0 Å². The van der Waals surface area contributed by atoms with Crippen molar-refractivity contribution in [1.29, 1.82) is 0 Å². The molecule has 0 saturated heterocycles. The van der Waals surface area contributed by atoms with E-state index in [4.69, 9.17) is 4.74 Å². The number of rotatable bonds is 3. The molecule has 0 atom stereocenters. The molecular formula is C14H14INO3. The molecule has 0 unspecified atom stereocenters. The van der Waals surface area contributed by atoms with Crippen molar-refractivity contribution in [1.82, 2.24) is 4.57 Å². The van der Waals surface area contributed by atoms with Crippen LogP contribution in [-0.4, -0.2) is 17.1 Å². The van der Waals surface area contributed by atoms with E-state index < -0.39 is 5.97 Å². The molecule has 0 spiro atoms. The van der Waals surface area contributed by atoms with Gasteiger partial charge in [0.05, 0.1) is 12.1 Å². The van der Waals surface area contributed by atoms with Crippen LogP contribution in [0.4, 0.5) is 0 Å². The molecule has 0 bridgehead atoms. The highest BCUT2D eigenvalue weighted by Crippen LogP contribution is 2.16. The Balaban J connectivity index is 2.76. The summed E-state index contributed by atoms with van der Waals surface area (Å²) in [5, 5.41) is 0.549. The molecule has 1 aromatic heterocycles. The minimum Gasteiger partial charge on any atom is -0.462 e. The summed E-state index contributed by atoms with van der Waals surface area (Å²) in [6, 6.07) is 5.56. The van der Waals surface area contributed by atoms with E-state index in [1.54, 1.807) is 19.2 Å². The summed E-state index contributed by atoms with van der Waals surface area (Å²) in [5.74, 6) is -0.560. The molecule has 0 radical (unpaired) electrons. The second kappa shape index (κ2) is 5.73. The molecule has 2 aromatic rings. The fraction of sp³-hybridized carbons (Fsp3) is 0.286. The first kappa shape index (κ1) is 14.0. The number of carbonyl (C=O) groups is 1. The fourth-order valence-electron chi connectivity index (χ4n) is 1.98. The number of halogens is 1. The third-order valence-corrected chi connectivity index (χ3v) is 3.55. The molecule has 0 aliphatic heterocycles. The SMILES string of the molecule is CCOC(=O)c1cn(CC)c2cc(I)ccc2c1=O. The number of fused-ring (bicyclic) bond motifs is 1. The molecule has 0 amide bonds. The maximum Gasteiger partial charge on any atom is 0.343 e. The normalized spacial score (nSPS) is 10.7. The van der Waals surface area contributed by atoms with E-state index in [1.807, 2.05) is 23.6 Å². The molecule has 1 aromatic carbocycles. The van der Waals surface area contributed by atoms with Crippen molar-refractivity contribution in [3.8, 4) is 0 Å². The van der Waals surface area contributed by atoms with Crippen LogP contribution >= 0.6 is 22.6 Å². The third-order valence-electron chi connectivity index (χ3n) is 2.88. The summed E-state index contributed by atoms with van der Waals surface area (Å²) in [7, 11) is 0. The Kier molecular flexibility index (Phi) is 4.24. The number of aromatic nitrogens is 1. The first-order chi connectivity index (χ1) is 9.08. The van der Waals surface area contributed by atoms with Crippen molar-refractivity contribution in [2.45, 2.75) is 20.4 Å². The Morgan fingerprint density at radius 1 is 1.37 bits per heavy atom. The summed E-state index contributed by atoms with van der Waals surface area (Å²) in [6.45, 7) is 4.64. The van der Waals surface area contributed by atoms with Crippen LogP contribution in [0.2, 0.25) is 0 Å². The van der Waals surface area contributed by atoms with Crippen LogP contribution in [0.25, 0.3) is 10.9 Å². The Morgan fingerprint density at radius 2 is 2.11 bits per heavy atom. The Labute approximate surface area is 124 Å². The average Bonchev–Trinajstić information content (AvgIpc) is 2.39. The van der Waals surface area contributed by atoms with Crippen LogP contribution in [0.5, 0.6) is 0 Å². The summed E-state index contributed by atoms with van der Waals surface area (Å²) in [5.41, 5.74) is 0.666. The molecule has 100 valence electrons. The zero-order valence-corrected chi connectivity index (χ0v) is 12.9. The number of hydrogen-bond acceptors (Lipinski definition) is 3. The summed E-state index contributed by atoms with van der Waals surface area (Å²) in [6.07, 6.45) is 1.58. The van der Waals surface area contributed by atoms with Gasteiger partial charge in [0.25, 0.3) is 0 Å². The number of pyridine rings is 1. The van der Waals surface area contributed by atoms with E-state index in [1.165, 1.54) is 0 Å². The van der Waals surface area contributed by atoms with Crippen LogP contribution in [0.15, 0.2) is 29.2 Å². The minimum atomic E-state index is -0.560. The van der Waals surface area contributed by atoms with Crippen LogP contribution in [0.1, 0.15) is 24.2 Å². The molecule has 0 fully saturated rings. The smallest absolute Gasteiger partial charge is 0.343 e. The predicted octanol–water partition coefficient (Wildman–Crippen LogP) is 2.80. The van der Waals surface area contributed by atoms with Gasteiger partial charge in [0.15, 0.2) is 0 Å². The van der Waals surface area contributed by atoms with Gasteiger partial charge in [0.1, 0.15) is 5.56 Å². The second-order valence-electron chi connectivity index (χ2n) is 4.04. The van der Waals surface area contributed by atoms with Gasteiger partial charge in [-0.15, -0.1) is 0 Å². The van der Waals surface area contributed by atoms with Crippen LogP contribution in [-0.2, 0) is 11.3 Å². The van der Waals surface area contributed by atoms with Crippen LogP contribution < -0.4 is 5.43 Å². The quantitative estimate of drug-likeness (QED) is 0.616. The van der Waals surface area contributed by atoms with Gasteiger partial charge in [-0.25, -0.2) is 4.79 Å². The van der Waals surface area contributed by atoms with E-state index >= 15 is 0 Å². The summed E-state index contributed by atoms with van der Waals surface area (Å²) < 4.78 is 7.87. The first-order valence-corrected chi connectivity index (χ1v) is 7.16. The third kappa shape index (κ3) is 2.65. The average molecular weight is 371 g/mol.